The van der Waals surface area contributed by atoms with Crippen LogP contribution in [-0.2, 0) is 19.1 Å². The van der Waals surface area contributed by atoms with Crippen LogP contribution in [0.15, 0.2) is 22.8 Å². The zero-order valence-electron chi connectivity index (χ0n) is 15.7. The second-order valence-electron chi connectivity index (χ2n) is 8.11. The maximum absolute atomic E-state index is 12.3. The van der Waals surface area contributed by atoms with Crippen molar-refractivity contribution >= 4 is 11.9 Å². The van der Waals surface area contributed by atoms with E-state index in [1.54, 1.807) is 26.8 Å². The molecule has 1 aliphatic heterocycles. The predicted molar refractivity (Wildman–Crippen MR) is 92.6 cm³/mol. The van der Waals surface area contributed by atoms with Crippen molar-refractivity contribution in [3.8, 4) is 0 Å². The van der Waals surface area contributed by atoms with Crippen molar-refractivity contribution in [1.29, 1.82) is 0 Å². The molecule has 3 aliphatic rings. The van der Waals surface area contributed by atoms with E-state index >= 15 is 0 Å². The second-order valence-corrected chi connectivity index (χ2v) is 8.11. The Bertz CT molecular complexity index is 676. The number of hydrogen-bond acceptors (Lipinski definition) is 5. The van der Waals surface area contributed by atoms with E-state index in [-0.39, 0.29) is 11.9 Å². The molecule has 138 valence electrons. The van der Waals surface area contributed by atoms with E-state index in [1.807, 2.05) is 0 Å². The lowest BCUT2D eigenvalue weighted by molar-refractivity contribution is -0.231. The molecule has 5 atom stereocenters. The minimum absolute atomic E-state index is 0.257. The summed E-state index contributed by atoms with van der Waals surface area (Å²) >= 11 is 0. The predicted octanol–water partition coefficient (Wildman–Crippen LogP) is 3.07. The molecule has 0 spiro atoms. The largest absolute Gasteiger partial charge is 0.456 e. The summed E-state index contributed by atoms with van der Waals surface area (Å²) in [5.74, 6) is -0.428. The lowest BCUT2D eigenvalue weighted by Gasteiger charge is -2.59. The van der Waals surface area contributed by atoms with Crippen molar-refractivity contribution in [1.82, 2.24) is 0 Å². The van der Waals surface area contributed by atoms with Crippen molar-refractivity contribution in [3.05, 3.63) is 22.8 Å². The summed E-state index contributed by atoms with van der Waals surface area (Å²) in [6.45, 7) is 9.48. The summed E-state index contributed by atoms with van der Waals surface area (Å²) in [6.07, 6.45) is 3.10. The van der Waals surface area contributed by atoms with Gasteiger partial charge in [0.1, 0.15) is 17.8 Å². The summed E-state index contributed by atoms with van der Waals surface area (Å²) in [4.78, 5) is 24.2. The van der Waals surface area contributed by atoms with Gasteiger partial charge in [0, 0.05) is 23.0 Å². The molecule has 2 aliphatic carbocycles. The molecule has 0 aromatic rings. The molecule has 0 bridgehead atoms. The van der Waals surface area contributed by atoms with Crippen molar-refractivity contribution in [3.63, 3.8) is 0 Å². The third-order valence-electron chi connectivity index (χ3n) is 6.96. The van der Waals surface area contributed by atoms with Crippen LogP contribution >= 0.6 is 0 Å². The highest BCUT2D eigenvalue weighted by Crippen LogP contribution is 2.59. The monoisotopic (exact) mass is 348 g/mol. The van der Waals surface area contributed by atoms with Crippen LogP contribution in [0.25, 0.3) is 0 Å². The Morgan fingerprint density at radius 2 is 2.08 bits per heavy atom. The van der Waals surface area contributed by atoms with E-state index in [1.165, 1.54) is 0 Å². The summed E-state index contributed by atoms with van der Waals surface area (Å²) in [6, 6.07) is 0. The zero-order chi connectivity index (χ0) is 18.6. The Labute approximate surface area is 149 Å². The molecular weight excluding hydrogens is 320 g/mol. The molecule has 5 heteroatoms. The number of aliphatic hydroxyl groups is 1. The Balaban J connectivity index is 1.96. The van der Waals surface area contributed by atoms with Crippen molar-refractivity contribution < 1.29 is 24.2 Å². The first-order valence-corrected chi connectivity index (χ1v) is 9.11. The summed E-state index contributed by atoms with van der Waals surface area (Å²) in [5, 5.41) is 11.7. The molecule has 0 unspecified atom stereocenters. The van der Waals surface area contributed by atoms with E-state index in [9.17, 15) is 14.7 Å². The van der Waals surface area contributed by atoms with Gasteiger partial charge in [-0.05, 0) is 51.5 Å². The van der Waals surface area contributed by atoms with Gasteiger partial charge in [-0.25, -0.2) is 9.59 Å². The average Bonchev–Trinajstić information content (AvgIpc) is 2.83. The maximum atomic E-state index is 12.3. The van der Waals surface area contributed by atoms with Crippen LogP contribution in [0.2, 0.25) is 0 Å². The average molecular weight is 348 g/mol. The number of ether oxygens (including phenoxy) is 2. The molecule has 0 amide bonds. The van der Waals surface area contributed by atoms with Crippen molar-refractivity contribution in [2.45, 2.75) is 78.1 Å². The smallest absolute Gasteiger partial charge is 0.334 e. The van der Waals surface area contributed by atoms with Gasteiger partial charge in [0.25, 0.3) is 0 Å². The number of fused-ring (bicyclic) bond motifs is 2. The molecule has 25 heavy (non-hydrogen) atoms. The molecule has 2 saturated carbocycles. The van der Waals surface area contributed by atoms with Gasteiger partial charge < -0.3 is 14.6 Å². The van der Waals surface area contributed by atoms with E-state index in [4.69, 9.17) is 9.47 Å². The topological polar surface area (TPSA) is 72.8 Å². The number of hydrogen-bond donors (Lipinski definition) is 1. The molecule has 5 nitrogen and oxygen atoms in total. The minimum atomic E-state index is -1.20. The van der Waals surface area contributed by atoms with E-state index < -0.39 is 29.2 Å². The highest BCUT2D eigenvalue weighted by molar-refractivity contribution is 5.92. The number of carbonyl (C=O) groups is 2. The van der Waals surface area contributed by atoms with Crippen LogP contribution in [0, 0.1) is 11.3 Å². The molecule has 2 fully saturated rings. The summed E-state index contributed by atoms with van der Waals surface area (Å²) < 4.78 is 11.2. The zero-order valence-corrected chi connectivity index (χ0v) is 15.7. The quantitative estimate of drug-likeness (QED) is 0.613. The van der Waals surface area contributed by atoms with Crippen LogP contribution in [0.5, 0.6) is 0 Å². The molecule has 3 rings (SSSR count). The Morgan fingerprint density at radius 3 is 2.72 bits per heavy atom. The molecule has 1 heterocycles. The van der Waals surface area contributed by atoms with Crippen LogP contribution in [0.4, 0.5) is 0 Å². The van der Waals surface area contributed by atoms with Crippen molar-refractivity contribution in [2.24, 2.45) is 11.3 Å². The number of carbonyl (C=O) groups excluding carboxylic acids is 2. The van der Waals surface area contributed by atoms with E-state index in [2.05, 4.69) is 13.8 Å². The fraction of sp³-hybridized carbons (Fsp3) is 0.700. The van der Waals surface area contributed by atoms with Gasteiger partial charge in [-0.2, -0.15) is 0 Å². The van der Waals surface area contributed by atoms with Crippen LogP contribution in [0.1, 0.15) is 60.3 Å². The third-order valence-corrected chi connectivity index (χ3v) is 6.96. The highest BCUT2D eigenvalue weighted by atomic mass is 16.6. The number of allylic oxidation sites excluding steroid dienone is 1. The standard InChI is InChI=1S/C20H28O5/c1-6-11(2)17(21)25-16-8-7-12(3)19(5)9-14-13(4)18(22)24-15(14)10-20(16,19)23/h6,12,15-16,23H,7-10H2,1-5H3/b11-6-/t12-,15+,16-,19+,20+/m0/s1. The summed E-state index contributed by atoms with van der Waals surface area (Å²) in [7, 11) is 0. The van der Waals surface area contributed by atoms with E-state index in [0.29, 0.717) is 30.4 Å². The minimum Gasteiger partial charge on any atom is -0.456 e. The Kier molecular flexibility index (Phi) is 4.34. The van der Waals surface area contributed by atoms with Gasteiger partial charge in [-0.3, -0.25) is 0 Å². The lowest BCUT2D eigenvalue weighted by atomic mass is 9.51. The van der Waals surface area contributed by atoms with Gasteiger partial charge in [0.2, 0.25) is 0 Å². The van der Waals surface area contributed by atoms with Gasteiger partial charge in [-0.1, -0.05) is 19.9 Å². The number of rotatable bonds is 2. The van der Waals surface area contributed by atoms with Crippen LogP contribution < -0.4 is 0 Å². The molecule has 0 radical (unpaired) electrons. The maximum Gasteiger partial charge on any atom is 0.334 e. The number of esters is 2. The Hall–Kier alpha value is -1.62. The van der Waals surface area contributed by atoms with Gasteiger partial charge in [0.05, 0.1) is 0 Å². The van der Waals surface area contributed by atoms with Crippen LogP contribution in [-0.4, -0.2) is 34.9 Å². The lowest BCUT2D eigenvalue weighted by Crippen LogP contribution is -2.65. The first-order chi connectivity index (χ1) is 11.6. The molecular formula is C20H28O5. The van der Waals surface area contributed by atoms with Gasteiger partial charge in [0.15, 0.2) is 0 Å². The van der Waals surface area contributed by atoms with Crippen LogP contribution in [0.3, 0.4) is 0 Å². The normalized spacial score (nSPS) is 41.1. The highest BCUT2D eigenvalue weighted by Gasteiger charge is 2.64. The molecule has 0 aromatic carbocycles. The van der Waals surface area contributed by atoms with Crippen molar-refractivity contribution in [2.75, 3.05) is 0 Å². The fourth-order valence-corrected chi connectivity index (χ4v) is 4.69. The van der Waals surface area contributed by atoms with Gasteiger partial charge >= 0.3 is 11.9 Å². The first kappa shape index (κ1) is 18.2. The summed E-state index contributed by atoms with van der Waals surface area (Å²) in [5.41, 5.74) is 0.544. The third kappa shape index (κ3) is 2.55. The molecule has 0 aromatic heterocycles. The fourth-order valence-electron chi connectivity index (χ4n) is 4.69. The van der Waals surface area contributed by atoms with E-state index in [0.717, 1.165) is 12.0 Å². The first-order valence-electron chi connectivity index (χ1n) is 9.11. The Morgan fingerprint density at radius 1 is 1.40 bits per heavy atom. The van der Waals surface area contributed by atoms with Gasteiger partial charge in [-0.15, -0.1) is 0 Å². The SMILES string of the molecule is C/C=C(/C)C(=O)O[C@H]1CC[C@H](C)[C@@]2(C)CC3=C(C)C(=O)O[C@@H]3C[C@@]12O. The molecule has 1 N–H and O–H groups in total. The molecule has 0 saturated heterocycles. The second kappa shape index (κ2) is 5.97.